The van der Waals surface area contributed by atoms with Crippen LogP contribution >= 0.6 is 0 Å². The predicted octanol–water partition coefficient (Wildman–Crippen LogP) is 5.77. The minimum absolute atomic E-state index is 0.0483. The lowest BCUT2D eigenvalue weighted by Crippen LogP contribution is -2.29. The Bertz CT molecular complexity index is 716. The Hall–Kier alpha value is -2.20. The summed E-state index contributed by atoms with van der Waals surface area (Å²) in [6.07, 6.45) is 6.01. The van der Waals surface area contributed by atoms with Gasteiger partial charge in [-0.15, -0.1) is 0 Å². The fourth-order valence-corrected chi connectivity index (χ4v) is 3.42. The number of carbonyl (C=O) groups is 1. The summed E-state index contributed by atoms with van der Waals surface area (Å²) in [6, 6.07) is 13.7. The van der Waals surface area contributed by atoms with Gasteiger partial charge in [0.25, 0.3) is 0 Å². The van der Waals surface area contributed by atoms with Crippen molar-refractivity contribution >= 4 is 5.97 Å². The van der Waals surface area contributed by atoms with Crippen molar-refractivity contribution in [3.05, 3.63) is 54.3 Å². The molecule has 27 heavy (non-hydrogen) atoms. The Morgan fingerprint density at radius 3 is 2.15 bits per heavy atom. The summed E-state index contributed by atoms with van der Waals surface area (Å²) < 4.78 is 24.4. The van der Waals surface area contributed by atoms with Crippen LogP contribution in [0.1, 0.15) is 45.4 Å². The van der Waals surface area contributed by atoms with Crippen LogP contribution in [0.4, 0.5) is 4.39 Å². The number of hydrogen-bond acceptors (Lipinski definition) is 3. The summed E-state index contributed by atoms with van der Waals surface area (Å²) in [4.78, 5) is 12.4. The predicted molar refractivity (Wildman–Crippen MR) is 104 cm³/mol. The van der Waals surface area contributed by atoms with Crippen LogP contribution in [0.5, 0.6) is 5.75 Å². The standard InChI is InChI=1S/C23H27FO3/c1-2-3-16-26-21-12-8-19(9-13-21)23(25)27-22-14-6-18(7-15-22)17-4-10-20(24)11-5-17/h4-7,10-11,14-15,19,21H,2-3,8-9,12-13,16H2,1H3. The van der Waals surface area contributed by atoms with Crippen LogP contribution in [0, 0.1) is 11.7 Å². The van der Waals surface area contributed by atoms with Crippen molar-refractivity contribution in [2.24, 2.45) is 5.92 Å². The molecule has 0 heterocycles. The van der Waals surface area contributed by atoms with Gasteiger partial charge in [0, 0.05) is 6.61 Å². The number of carbonyl (C=O) groups excluding carboxylic acids is 1. The van der Waals surface area contributed by atoms with Gasteiger partial charge in [-0.05, 0) is 67.5 Å². The van der Waals surface area contributed by atoms with Crippen molar-refractivity contribution in [2.45, 2.75) is 51.6 Å². The molecular formula is C23H27FO3. The molecule has 3 rings (SSSR count). The molecule has 1 saturated carbocycles. The molecule has 0 spiro atoms. The van der Waals surface area contributed by atoms with Gasteiger partial charge in [-0.1, -0.05) is 37.6 Å². The highest BCUT2D eigenvalue weighted by atomic mass is 19.1. The Labute approximate surface area is 160 Å². The Morgan fingerprint density at radius 1 is 0.963 bits per heavy atom. The minimum Gasteiger partial charge on any atom is -0.426 e. The van der Waals surface area contributed by atoms with Gasteiger partial charge in [0.15, 0.2) is 0 Å². The van der Waals surface area contributed by atoms with Crippen LogP contribution < -0.4 is 4.74 Å². The quantitative estimate of drug-likeness (QED) is 0.352. The SMILES string of the molecule is CCCCOC1CCC(C(=O)Oc2ccc(-c3ccc(F)cc3)cc2)CC1. The minimum atomic E-state index is -0.255. The van der Waals surface area contributed by atoms with E-state index in [0.717, 1.165) is 56.3 Å². The van der Waals surface area contributed by atoms with Crippen LogP contribution in [-0.2, 0) is 9.53 Å². The van der Waals surface area contributed by atoms with Gasteiger partial charge in [-0.3, -0.25) is 4.79 Å². The first-order valence-corrected chi connectivity index (χ1v) is 9.85. The third kappa shape index (κ3) is 5.64. The highest BCUT2D eigenvalue weighted by molar-refractivity contribution is 5.75. The molecule has 2 aromatic carbocycles. The molecule has 1 aliphatic rings. The zero-order valence-corrected chi connectivity index (χ0v) is 15.8. The largest absolute Gasteiger partial charge is 0.426 e. The molecule has 0 amide bonds. The molecule has 0 aromatic heterocycles. The van der Waals surface area contributed by atoms with Crippen molar-refractivity contribution in [1.29, 1.82) is 0 Å². The second kappa shape index (κ2) is 9.65. The summed E-state index contributed by atoms with van der Waals surface area (Å²) >= 11 is 0. The molecule has 0 N–H and O–H groups in total. The number of rotatable bonds is 7. The van der Waals surface area contributed by atoms with E-state index in [4.69, 9.17) is 9.47 Å². The van der Waals surface area contributed by atoms with Gasteiger partial charge in [0.05, 0.1) is 12.0 Å². The summed E-state index contributed by atoms with van der Waals surface area (Å²) in [5.41, 5.74) is 1.88. The maximum absolute atomic E-state index is 13.0. The molecule has 0 unspecified atom stereocenters. The van der Waals surface area contributed by atoms with E-state index in [-0.39, 0.29) is 23.8 Å². The lowest BCUT2D eigenvalue weighted by molar-refractivity contribution is -0.141. The third-order valence-corrected chi connectivity index (χ3v) is 5.11. The molecule has 2 aromatic rings. The first-order valence-electron chi connectivity index (χ1n) is 9.85. The normalized spacial score (nSPS) is 19.6. The maximum atomic E-state index is 13.0. The van der Waals surface area contributed by atoms with Crippen LogP contribution in [0.15, 0.2) is 48.5 Å². The molecule has 0 atom stereocenters. The molecule has 0 radical (unpaired) electrons. The molecular weight excluding hydrogens is 343 g/mol. The average molecular weight is 370 g/mol. The summed E-state index contributed by atoms with van der Waals surface area (Å²) in [5, 5.41) is 0. The highest BCUT2D eigenvalue weighted by Crippen LogP contribution is 2.29. The second-order valence-corrected chi connectivity index (χ2v) is 7.15. The lowest BCUT2D eigenvalue weighted by atomic mass is 9.87. The molecule has 0 saturated heterocycles. The summed E-state index contributed by atoms with van der Waals surface area (Å²) in [6.45, 7) is 2.97. The zero-order valence-electron chi connectivity index (χ0n) is 15.8. The van der Waals surface area contributed by atoms with Crippen molar-refractivity contribution in [1.82, 2.24) is 0 Å². The molecule has 144 valence electrons. The van der Waals surface area contributed by atoms with E-state index in [9.17, 15) is 9.18 Å². The third-order valence-electron chi connectivity index (χ3n) is 5.11. The Balaban J connectivity index is 1.49. The van der Waals surface area contributed by atoms with E-state index in [1.807, 2.05) is 12.1 Å². The number of unbranched alkanes of at least 4 members (excludes halogenated alkanes) is 1. The smallest absolute Gasteiger partial charge is 0.314 e. The van der Waals surface area contributed by atoms with Crippen LogP contribution in [0.3, 0.4) is 0 Å². The van der Waals surface area contributed by atoms with E-state index in [2.05, 4.69) is 6.92 Å². The molecule has 4 heteroatoms. The van der Waals surface area contributed by atoms with Gasteiger partial charge in [-0.25, -0.2) is 4.39 Å². The van der Waals surface area contributed by atoms with Crippen LogP contribution in [0.25, 0.3) is 11.1 Å². The highest BCUT2D eigenvalue weighted by Gasteiger charge is 2.28. The molecule has 0 bridgehead atoms. The monoisotopic (exact) mass is 370 g/mol. The fourth-order valence-electron chi connectivity index (χ4n) is 3.42. The van der Waals surface area contributed by atoms with Gasteiger partial charge in [0.2, 0.25) is 0 Å². The summed E-state index contributed by atoms with van der Waals surface area (Å²) in [5.74, 6) is 0.0892. The van der Waals surface area contributed by atoms with Crippen molar-refractivity contribution < 1.29 is 18.7 Å². The Morgan fingerprint density at radius 2 is 1.56 bits per heavy atom. The van der Waals surface area contributed by atoms with E-state index < -0.39 is 0 Å². The van der Waals surface area contributed by atoms with E-state index in [0.29, 0.717) is 5.75 Å². The molecule has 0 aliphatic heterocycles. The average Bonchev–Trinajstić information content (AvgIpc) is 2.70. The van der Waals surface area contributed by atoms with Crippen LogP contribution in [0.2, 0.25) is 0 Å². The number of esters is 1. The van der Waals surface area contributed by atoms with E-state index >= 15 is 0 Å². The topological polar surface area (TPSA) is 35.5 Å². The van der Waals surface area contributed by atoms with E-state index in [1.165, 1.54) is 12.1 Å². The first-order chi connectivity index (χ1) is 13.2. The number of ether oxygens (including phenoxy) is 2. The fraction of sp³-hybridized carbons (Fsp3) is 0.435. The van der Waals surface area contributed by atoms with Crippen LogP contribution in [-0.4, -0.2) is 18.7 Å². The van der Waals surface area contributed by atoms with Gasteiger partial charge < -0.3 is 9.47 Å². The van der Waals surface area contributed by atoms with Gasteiger partial charge in [-0.2, -0.15) is 0 Å². The van der Waals surface area contributed by atoms with Crippen molar-refractivity contribution in [3.63, 3.8) is 0 Å². The van der Waals surface area contributed by atoms with Crippen molar-refractivity contribution in [2.75, 3.05) is 6.61 Å². The van der Waals surface area contributed by atoms with E-state index in [1.54, 1.807) is 24.3 Å². The summed E-state index contributed by atoms with van der Waals surface area (Å²) in [7, 11) is 0. The first kappa shape index (κ1) is 19.6. The Kier molecular flexibility index (Phi) is 6.99. The van der Waals surface area contributed by atoms with Crippen molar-refractivity contribution in [3.8, 4) is 16.9 Å². The van der Waals surface area contributed by atoms with Gasteiger partial charge in [0.1, 0.15) is 11.6 Å². The zero-order chi connectivity index (χ0) is 19.1. The molecule has 3 nitrogen and oxygen atoms in total. The second-order valence-electron chi connectivity index (χ2n) is 7.15. The number of benzene rings is 2. The maximum Gasteiger partial charge on any atom is 0.314 e. The molecule has 1 aliphatic carbocycles. The lowest BCUT2D eigenvalue weighted by Gasteiger charge is -2.27. The number of hydrogen-bond donors (Lipinski definition) is 0. The molecule has 1 fully saturated rings. The van der Waals surface area contributed by atoms with Gasteiger partial charge >= 0.3 is 5.97 Å². The number of halogens is 1.